The quantitative estimate of drug-likeness (QED) is 0.669. The van der Waals surface area contributed by atoms with Crippen molar-refractivity contribution in [3.8, 4) is 0 Å². The van der Waals surface area contributed by atoms with Gasteiger partial charge in [-0.3, -0.25) is 4.79 Å². The van der Waals surface area contributed by atoms with Crippen molar-refractivity contribution in [2.45, 2.75) is 32.5 Å². The standard InChI is InChI=1S/C11H19NO4S/c1-8-5-12(6-9(2)16-8)11(13)10-3-4-17(14,15)7-10/h8-10H,3-7H2,1-2H3/t8-,9+,10-/m1/s1. The summed E-state index contributed by atoms with van der Waals surface area (Å²) in [6, 6.07) is 0. The van der Waals surface area contributed by atoms with Crippen LogP contribution in [0, 0.1) is 5.92 Å². The molecule has 2 heterocycles. The van der Waals surface area contributed by atoms with E-state index >= 15 is 0 Å². The van der Waals surface area contributed by atoms with Crippen LogP contribution >= 0.6 is 0 Å². The van der Waals surface area contributed by atoms with Crippen molar-refractivity contribution in [2.24, 2.45) is 5.92 Å². The first-order valence-electron chi connectivity index (χ1n) is 6.02. The molecule has 0 unspecified atom stereocenters. The minimum atomic E-state index is -2.98. The van der Waals surface area contributed by atoms with Crippen LogP contribution in [-0.2, 0) is 19.4 Å². The third-order valence-corrected chi connectivity index (χ3v) is 5.08. The van der Waals surface area contributed by atoms with E-state index in [-0.39, 0.29) is 35.5 Å². The molecule has 3 atom stereocenters. The number of nitrogens with zero attached hydrogens (tertiary/aromatic N) is 1. The lowest BCUT2D eigenvalue weighted by molar-refractivity contribution is -0.146. The first-order valence-corrected chi connectivity index (χ1v) is 7.84. The number of hydrogen-bond acceptors (Lipinski definition) is 4. The molecule has 2 saturated heterocycles. The topological polar surface area (TPSA) is 63.7 Å². The average molecular weight is 261 g/mol. The van der Waals surface area contributed by atoms with Crippen molar-refractivity contribution >= 4 is 15.7 Å². The molecular formula is C11H19NO4S. The van der Waals surface area contributed by atoms with Crippen LogP contribution in [0.2, 0.25) is 0 Å². The molecule has 17 heavy (non-hydrogen) atoms. The smallest absolute Gasteiger partial charge is 0.226 e. The molecule has 0 radical (unpaired) electrons. The van der Waals surface area contributed by atoms with Gasteiger partial charge in [-0.05, 0) is 20.3 Å². The van der Waals surface area contributed by atoms with Crippen molar-refractivity contribution in [3.63, 3.8) is 0 Å². The second kappa shape index (κ2) is 4.57. The normalized spacial score (nSPS) is 37.1. The maximum absolute atomic E-state index is 12.2. The van der Waals surface area contributed by atoms with Gasteiger partial charge in [0, 0.05) is 13.1 Å². The van der Waals surface area contributed by atoms with Gasteiger partial charge in [0.15, 0.2) is 9.84 Å². The van der Waals surface area contributed by atoms with Crippen LogP contribution in [0.3, 0.4) is 0 Å². The van der Waals surface area contributed by atoms with Gasteiger partial charge in [0.25, 0.3) is 0 Å². The number of carbonyl (C=O) groups is 1. The molecule has 0 saturated carbocycles. The molecule has 6 heteroatoms. The molecule has 0 N–H and O–H groups in total. The summed E-state index contributed by atoms with van der Waals surface area (Å²) >= 11 is 0. The van der Waals surface area contributed by atoms with Gasteiger partial charge in [-0.25, -0.2) is 8.42 Å². The number of sulfone groups is 1. The summed E-state index contributed by atoms with van der Waals surface area (Å²) in [7, 11) is -2.98. The van der Waals surface area contributed by atoms with Crippen LogP contribution < -0.4 is 0 Å². The number of morpholine rings is 1. The monoisotopic (exact) mass is 261 g/mol. The van der Waals surface area contributed by atoms with Gasteiger partial charge < -0.3 is 9.64 Å². The molecule has 0 spiro atoms. The lowest BCUT2D eigenvalue weighted by Gasteiger charge is -2.36. The Morgan fingerprint density at radius 1 is 1.24 bits per heavy atom. The number of rotatable bonds is 1. The third kappa shape index (κ3) is 2.98. The minimum absolute atomic E-state index is 0.0198. The fourth-order valence-corrected chi connectivity index (χ4v) is 4.34. The highest BCUT2D eigenvalue weighted by atomic mass is 32.2. The van der Waals surface area contributed by atoms with Crippen LogP contribution in [0.15, 0.2) is 0 Å². The number of hydrogen-bond donors (Lipinski definition) is 0. The highest BCUT2D eigenvalue weighted by molar-refractivity contribution is 7.91. The van der Waals surface area contributed by atoms with Crippen molar-refractivity contribution in [2.75, 3.05) is 24.6 Å². The van der Waals surface area contributed by atoms with Crippen LogP contribution in [0.1, 0.15) is 20.3 Å². The SMILES string of the molecule is C[C@@H]1CN(C(=O)[C@@H]2CCS(=O)(=O)C2)C[C@H](C)O1. The van der Waals surface area contributed by atoms with E-state index in [4.69, 9.17) is 4.74 Å². The van der Waals surface area contributed by atoms with E-state index in [0.29, 0.717) is 19.5 Å². The summed E-state index contributed by atoms with van der Waals surface area (Å²) in [4.78, 5) is 13.9. The van der Waals surface area contributed by atoms with Crippen molar-refractivity contribution in [1.82, 2.24) is 4.90 Å². The van der Waals surface area contributed by atoms with Gasteiger partial charge >= 0.3 is 0 Å². The molecule has 0 aliphatic carbocycles. The number of carbonyl (C=O) groups excluding carboxylic acids is 1. The predicted molar refractivity (Wildman–Crippen MR) is 63.3 cm³/mol. The zero-order valence-electron chi connectivity index (χ0n) is 10.3. The molecule has 1 amide bonds. The van der Waals surface area contributed by atoms with Crippen LogP contribution in [-0.4, -0.2) is 56.0 Å². The van der Waals surface area contributed by atoms with Crippen LogP contribution in [0.25, 0.3) is 0 Å². The van der Waals surface area contributed by atoms with Gasteiger partial charge in [0.1, 0.15) is 0 Å². The summed E-state index contributed by atoms with van der Waals surface area (Å²) in [6.45, 7) is 5.00. The summed E-state index contributed by atoms with van der Waals surface area (Å²) in [5.41, 5.74) is 0. The molecule has 5 nitrogen and oxygen atoms in total. The highest BCUT2D eigenvalue weighted by Crippen LogP contribution is 2.22. The summed E-state index contributed by atoms with van der Waals surface area (Å²) in [5.74, 6) is -0.185. The van der Waals surface area contributed by atoms with Crippen LogP contribution in [0.4, 0.5) is 0 Å². The predicted octanol–water partition coefficient (Wildman–Crippen LogP) is 0.0569. The molecule has 0 aromatic heterocycles. The zero-order valence-corrected chi connectivity index (χ0v) is 11.1. The summed E-state index contributed by atoms with van der Waals surface area (Å²) in [6.07, 6.45) is 0.530. The second-order valence-electron chi connectivity index (χ2n) is 5.10. The number of ether oxygens (including phenoxy) is 1. The number of amides is 1. The van der Waals surface area contributed by atoms with Crippen molar-refractivity contribution < 1.29 is 17.9 Å². The van der Waals surface area contributed by atoms with E-state index in [9.17, 15) is 13.2 Å². The third-order valence-electron chi connectivity index (χ3n) is 3.31. The summed E-state index contributed by atoms with van der Waals surface area (Å²) in [5, 5.41) is 0. The van der Waals surface area contributed by atoms with E-state index in [1.807, 2.05) is 13.8 Å². The molecular weight excluding hydrogens is 242 g/mol. The Morgan fingerprint density at radius 2 is 1.82 bits per heavy atom. The maximum atomic E-state index is 12.2. The average Bonchev–Trinajstić information content (AvgIpc) is 2.56. The van der Waals surface area contributed by atoms with E-state index in [1.54, 1.807) is 4.90 Å². The highest BCUT2D eigenvalue weighted by Gasteiger charge is 2.37. The van der Waals surface area contributed by atoms with Gasteiger partial charge in [0.05, 0.1) is 29.6 Å². The molecule has 2 aliphatic rings. The Kier molecular flexibility index (Phi) is 3.45. The van der Waals surface area contributed by atoms with E-state index < -0.39 is 9.84 Å². The molecule has 0 bridgehead atoms. The van der Waals surface area contributed by atoms with Crippen molar-refractivity contribution in [3.05, 3.63) is 0 Å². The van der Waals surface area contributed by atoms with Crippen LogP contribution in [0.5, 0.6) is 0 Å². The molecule has 2 rings (SSSR count). The Bertz CT molecular complexity index is 396. The van der Waals surface area contributed by atoms with E-state index in [0.717, 1.165) is 0 Å². The lowest BCUT2D eigenvalue weighted by atomic mass is 10.1. The Morgan fingerprint density at radius 3 is 2.29 bits per heavy atom. The maximum Gasteiger partial charge on any atom is 0.226 e. The van der Waals surface area contributed by atoms with E-state index in [2.05, 4.69) is 0 Å². The molecule has 0 aromatic rings. The van der Waals surface area contributed by atoms with Gasteiger partial charge in [-0.15, -0.1) is 0 Å². The Balaban J connectivity index is 2.00. The molecule has 2 aliphatic heterocycles. The first-order chi connectivity index (χ1) is 7.87. The van der Waals surface area contributed by atoms with Gasteiger partial charge in [-0.1, -0.05) is 0 Å². The molecule has 0 aromatic carbocycles. The van der Waals surface area contributed by atoms with Gasteiger partial charge in [-0.2, -0.15) is 0 Å². The van der Waals surface area contributed by atoms with Crippen molar-refractivity contribution in [1.29, 1.82) is 0 Å². The lowest BCUT2D eigenvalue weighted by Crippen LogP contribution is -2.50. The fourth-order valence-electron chi connectivity index (χ4n) is 2.61. The summed E-state index contributed by atoms with van der Waals surface area (Å²) < 4.78 is 28.3. The fraction of sp³-hybridized carbons (Fsp3) is 0.909. The first kappa shape index (κ1) is 12.8. The van der Waals surface area contributed by atoms with Gasteiger partial charge in [0.2, 0.25) is 5.91 Å². The van der Waals surface area contributed by atoms with E-state index in [1.165, 1.54) is 0 Å². The Hall–Kier alpha value is -0.620. The molecule has 2 fully saturated rings. The largest absolute Gasteiger partial charge is 0.372 e. The minimum Gasteiger partial charge on any atom is -0.372 e. The molecule has 98 valence electrons. The zero-order chi connectivity index (χ0) is 12.6. The second-order valence-corrected chi connectivity index (χ2v) is 7.33. The Labute approximate surface area is 102 Å².